The summed E-state index contributed by atoms with van der Waals surface area (Å²) in [6, 6.07) is 15.3. The van der Waals surface area contributed by atoms with Gasteiger partial charge in [0.1, 0.15) is 18.4 Å². The summed E-state index contributed by atoms with van der Waals surface area (Å²) in [5.41, 5.74) is 0.701. The highest BCUT2D eigenvalue weighted by atomic mass is 19.1. The second-order valence-corrected chi connectivity index (χ2v) is 5.06. The number of nitriles is 1. The van der Waals surface area contributed by atoms with Crippen LogP contribution in [0.4, 0.5) is 4.39 Å². The summed E-state index contributed by atoms with van der Waals surface area (Å²) in [5, 5.41) is 13.6. The molecule has 0 aliphatic heterocycles. The number of amides is 2. The summed E-state index contributed by atoms with van der Waals surface area (Å²) < 4.78 is 13.8. The molecule has 0 heterocycles. The van der Waals surface area contributed by atoms with Crippen molar-refractivity contribution in [2.24, 2.45) is 0 Å². The number of carbonyl (C=O) groups is 2. The fourth-order valence-electron chi connectivity index (χ4n) is 2.17. The lowest BCUT2D eigenvalue weighted by atomic mass is 10.0. The lowest BCUT2D eigenvalue weighted by Gasteiger charge is -2.18. The van der Waals surface area contributed by atoms with Gasteiger partial charge in [-0.1, -0.05) is 36.4 Å². The highest BCUT2D eigenvalue weighted by molar-refractivity contribution is 5.97. The van der Waals surface area contributed by atoms with E-state index in [4.69, 9.17) is 5.26 Å². The first-order chi connectivity index (χ1) is 11.6. The summed E-state index contributed by atoms with van der Waals surface area (Å²) in [7, 11) is 0. The number of nitrogens with zero attached hydrogens (tertiary/aromatic N) is 1. The monoisotopic (exact) mass is 325 g/mol. The Morgan fingerprint density at radius 2 is 1.75 bits per heavy atom. The molecule has 2 aromatic carbocycles. The van der Waals surface area contributed by atoms with Crippen molar-refractivity contribution in [1.82, 2.24) is 10.6 Å². The summed E-state index contributed by atoms with van der Waals surface area (Å²) >= 11 is 0. The molecule has 6 heteroatoms. The molecule has 0 aromatic heterocycles. The molecule has 0 spiro atoms. The first-order valence-corrected chi connectivity index (χ1v) is 7.36. The van der Waals surface area contributed by atoms with E-state index in [-0.39, 0.29) is 13.0 Å². The number of hydrogen-bond acceptors (Lipinski definition) is 3. The molecule has 0 saturated heterocycles. The van der Waals surface area contributed by atoms with Gasteiger partial charge in [0, 0.05) is 12.0 Å². The minimum atomic E-state index is -0.983. The third kappa shape index (κ3) is 4.65. The Balaban J connectivity index is 2.16. The average Bonchev–Trinajstić information content (AvgIpc) is 2.61. The van der Waals surface area contributed by atoms with Crippen molar-refractivity contribution in [3.05, 3.63) is 71.5 Å². The van der Waals surface area contributed by atoms with E-state index in [1.54, 1.807) is 54.6 Å². The van der Waals surface area contributed by atoms with Gasteiger partial charge in [-0.2, -0.15) is 5.26 Å². The number of halogens is 1. The molecule has 122 valence electrons. The summed E-state index contributed by atoms with van der Waals surface area (Å²) in [5.74, 6) is -1.43. The van der Waals surface area contributed by atoms with Gasteiger partial charge in [0.05, 0.1) is 6.07 Å². The third-order valence-corrected chi connectivity index (χ3v) is 3.38. The van der Waals surface area contributed by atoms with Crippen molar-refractivity contribution in [3.8, 4) is 6.07 Å². The van der Waals surface area contributed by atoms with Gasteiger partial charge in [-0.05, 0) is 23.8 Å². The van der Waals surface area contributed by atoms with Crippen LogP contribution in [-0.2, 0) is 11.2 Å². The van der Waals surface area contributed by atoms with E-state index in [0.29, 0.717) is 11.1 Å². The highest BCUT2D eigenvalue weighted by Gasteiger charge is 2.22. The van der Waals surface area contributed by atoms with Gasteiger partial charge < -0.3 is 10.6 Å². The van der Waals surface area contributed by atoms with Crippen LogP contribution in [0.5, 0.6) is 0 Å². The third-order valence-electron chi connectivity index (χ3n) is 3.38. The summed E-state index contributed by atoms with van der Waals surface area (Å²) in [6.45, 7) is -0.187. The Morgan fingerprint density at radius 3 is 2.42 bits per heavy atom. The smallest absolute Gasteiger partial charge is 0.251 e. The number of hydrogen-bond donors (Lipinski definition) is 2. The lowest BCUT2D eigenvalue weighted by molar-refractivity contribution is -0.122. The zero-order chi connectivity index (χ0) is 17.4. The first-order valence-electron chi connectivity index (χ1n) is 7.36. The van der Waals surface area contributed by atoms with Crippen LogP contribution < -0.4 is 10.6 Å². The minimum absolute atomic E-state index is 0.0114. The van der Waals surface area contributed by atoms with Crippen LogP contribution in [0.25, 0.3) is 0 Å². The molecule has 5 nitrogen and oxygen atoms in total. The van der Waals surface area contributed by atoms with E-state index in [9.17, 15) is 14.0 Å². The van der Waals surface area contributed by atoms with Crippen LogP contribution in [0.2, 0.25) is 0 Å². The molecule has 0 fully saturated rings. The lowest BCUT2D eigenvalue weighted by Crippen LogP contribution is -2.48. The molecule has 2 rings (SSSR count). The molecule has 0 saturated carbocycles. The standard InChI is InChI=1S/C18H16FN3O2/c19-15-9-5-4-8-14(15)12-16(18(24)21-11-10-20)22-17(23)13-6-2-1-3-7-13/h1-9,16H,11-12H2,(H,21,24)(H,22,23). The molecule has 1 unspecified atom stereocenters. The molecule has 0 aliphatic carbocycles. The van der Waals surface area contributed by atoms with Crippen molar-refractivity contribution >= 4 is 11.8 Å². The molecule has 0 bridgehead atoms. The molecule has 0 radical (unpaired) electrons. The average molecular weight is 325 g/mol. The predicted molar refractivity (Wildman–Crippen MR) is 86.4 cm³/mol. The fourth-order valence-corrected chi connectivity index (χ4v) is 2.17. The maximum absolute atomic E-state index is 13.8. The fraction of sp³-hybridized carbons (Fsp3) is 0.167. The topological polar surface area (TPSA) is 82.0 Å². The SMILES string of the molecule is N#CCNC(=O)C(Cc1ccccc1F)NC(=O)c1ccccc1. The van der Waals surface area contributed by atoms with Crippen molar-refractivity contribution < 1.29 is 14.0 Å². The first kappa shape index (κ1) is 17.2. The zero-order valence-corrected chi connectivity index (χ0v) is 12.8. The van der Waals surface area contributed by atoms with Gasteiger partial charge in [-0.15, -0.1) is 0 Å². The Morgan fingerprint density at radius 1 is 1.08 bits per heavy atom. The van der Waals surface area contributed by atoms with Crippen LogP contribution in [0.15, 0.2) is 54.6 Å². The predicted octanol–water partition coefficient (Wildman–Crippen LogP) is 1.81. The number of rotatable bonds is 6. The van der Waals surface area contributed by atoms with Crippen molar-refractivity contribution in [3.63, 3.8) is 0 Å². The van der Waals surface area contributed by atoms with Gasteiger partial charge in [0.25, 0.3) is 5.91 Å². The number of nitrogens with one attached hydrogen (secondary N) is 2. The Labute approximate surface area is 139 Å². The van der Waals surface area contributed by atoms with Gasteiger partial charge in [0.15, 0.2) is 0 Å². The van der Waals surface area contributed by atoms with Crippen LogP contribution >= 0.6 is 0 Å². The van der Waals surface area contributed by atoms with Crippen LogP contribution in [0, 0.1) is 17.1 Å². The number of benzene rings is 2. The maximum atomic E-state index is 13.8. The highest BCUT2D eigenvalue weighted by Crippen LogP contribution is 2.10. The van der Waals surface area contributed by atoms with Crippen molar-refractivity contribution in [2.75, 3.05) is 6.54 Å². The molecular formula is C18H16FN3O2. The Hall–Kier alpha value is -3.20. The Kier molecular flexibility index (Phi) is 6.03. The normalized spacial score (nSPS) is 11.2. The van der Waals surface area contributed by atoms with E-state index >= 15 is 0 Å². The second kappa shape index (κ2) is 8.44. The van der Waals surface area contributed by atoms with Gasteiger partial charge in [-0.25, -0.2) is 4.39 Å². The molecule has 2 amide bonds. The van der Waals surface area contributed by atoms with Gasteiger partial charge >= 0.3 is 0 Å². The van der Waals surface area contributed by atoms with Crippen LogP contribution in [0.1, 0.15) is 15.9 Å². The van der Waals surface area contributed by atoms with Gasteiger partial charge in [-0.3, -0.25) is 9.59 Å². The quantitative estimate of drug-likeness (QED) is 0.795. The molecule has 0 aliphatic rings. The summed E-state index contributed by atoms with van der Waals surface area (Å²) in [6.07, 6.45) is -0.0114. The van der Waals surface area contributed by atoms with E-state index in [1.807, 2.05) is 0 Å². The molecular weight excluding hydrogens is 309 g/mol. The number of carbonyl (C=O) groups excluding carboxylic acids is 2. The van der Waals surface area contributed by atoms with Crippen LogP contribution in [0.3, 0.4) is 0 Å². The van der Waals surface area contributed by atoms with Crippen molar-refractivity contribution in [2.45, 2.75) is 12.5 Å². The van der Waals surface area contributed by atoms with Gasteiger partial charge in [0.2, 0.25) is 5.91 Å². The molecule has 2 aromatic rings. The molecule has 24 heavy (non-hydrogen) atoms. The largest absolute Gasteiger partial charge is 0.341 e. The maximum Gasteiger partial charge on any atom is 0.251 e. The van der Waals surface area contributed by atoms with E-state index in [1.165, 1.54) is 6.07 Å². The van der Waals surface area contributed by atoms with Crippen molar-refractivity contribution in [1.29, 1.82) is 5.26 Å². The molecule has 2 N–H and O–H groups in total. The van der Waals surface area contributed by atoms with Crippen LogP contribution in [-0.4, -0.2) is 24.4 Å². The van der Waals surface area contributed by atoms with E-state index in [0.717, 1.165) is 0 Å². The second-order valence-electron chi connectivity index (χ2n) is 5.06. The molecule has 1 atom stereocenters. The summed E-state index contributed by atoms with van der Waals surface area (Å²) in [4.78, 5) is 24.4. The van der Waals surface area contributed by atoms with E-state index in [2.05, 4.69) is 10.6 Å². The zero-order valence-electron chi connectivity index (χ0n) is 12.8. The Bertz CT molecular complexity index is 756. The van der Waals surface area contributed by atoms with E-state index < -0.39 is 23.7 Å². The minimum Gasteiger partial charge on any atom is -0.341 e.